The molecular formula is C2H7NO2P+. The van der Waals surface area contributed by atoms with Crippen molar-refractivity contribution in [2.45, 2.75) is 12.7 Å². The molecule has 3 N–H and O–H groups in total. The van der Waals surface area contributed by atoms with Crippen molar-refractivity contribution >= 4 is 8.03 Å². The van der Waals surface area contributed by atoms with E-state index in [0.717, 1.165) is 0 Å². The van der Waals surface area contributed by atoms with Gasteiger partial charge in [0.2, 0.25) is 0 Å². The van der Waals surface area contributed by atoms with E-state index in [-0.39, 0.29) is 0 Å². The van der Waals surface area contributed by atoms with Crippen LogP contribution in [0.1, 0.15) is 6.92 Å². The molecule has 2 atom stereocenters. The van der Waals surface area contributed by atoms with Crippen molar-refractivity contribution in [3.8, 4) is 0 Å². The SMILES string of the molecule is CC([NH3+])[P+](=O)[O-]. The third-order valence-corrected chi connectivity index (χ3v) is 1.08. The van der Waals surface area contributed by atoms with Gasteiger partial charge in [-0.1, -0.05) is 4.57 Å². The molecule has 6 heavy (non-hydrogen) atoms. The van der Waals surface area contributed by atoms with Crippen molar-refractivity contribution in [2.75, 3.05) is 0 Å². The maximum Gasteiger partial charge on any atom is 0.372 e. The van der Waals surface area contributed by atoms with Gasteiger partial charge in [-0.2, -0.15) is 0 Å². The van der Waals surface area contributed by atoms with Gasteiger partial charge in [0.25, 0.3) is 5.78 Å². The lowest BCUT2D eigenvalue weighted by Gasteiger charge is -1.83. The highest BCUT2D eigenvalue weighted by atomic mass is 31.1. The molecule has 0 fully saturated rings. The van der Waals surface area contributed by atoms with E-state index in [0.29, 0.717) is 0 Å². The minimum absolute atomic E-state index is 0.444. The quantitative estimate of drug-likeness (QED) is 0.423. The Morgan fingerprint density at radius 2 is 2.17 bits per heavy atom. The molecule has 0 aromatic rings. The van der Waals surface area contributed by atoms with Crippen LogP contribution in [0, 0.1) is 0 Å². The van der Waals surface area contributed by atoms with E-state index in [1.54, 1.807) is 0 Å². The van der Waals surface area contributed by atoms with Crippen LogP contribution in [0.25, 0.3) is 0 Å². The third kappa shape index (κ3) is 2.27. The molecule has 0 aromatic carbocycles. The molecule has 4 heteroatoms. The highest BCUT2D eigenvalue weighted by Crippen LogP contribution is 2.07. The summed E-state index contributed by atoms with van der Waals surface area (Å²) in [6.45, 7) is 1.53. The molecule has 0 radical (unpaired) electrons. The molecule has 3 nitrogen and oxygen atoms in total. The summed E-state index contributed by atoms with van der Waals surface area (Å²) in [5.41, 5.74) is 3.24. The van der Waals surface area contributed by atoms with E-state index < -0.39 is 13.8 Å². The second kappa shape index (κ2) is 2.24. The first kappa shape index (κ1) is 6.02. The molecule has 0 heterocycles. The Kier molecular flexibility index (Phi) is 2.25. The van der Waals surface area contributed by atoms with E-state index in [4.69, 9.17) is 0 Å². The normalized spacial score (nSPS) is 16.8. The van der Waals surface area contributed by atoms with E-state index in [1.165, 1.54) is 6.92 Å². The van der Waals surface area contributed by atoms with Crippen molar-refractivity contribution in [3.05, 3.63) is 0 Å². The monoisotopic (exact) mass is 108 g/mol. The molecule has 0 aliphatic rings. The van der Waals surface area contributed by atoms with Gasteiger partial charge in [-0.3, -0.25) is 0 Å². The fourth-order valence-electron chi connectivity index (χ4n) is 0. The molecule has 0 saturated heterocycles. The predicted octanol–water partition coefficient (Wildman–Crippen LogP) is -1.32. The van der Waals surface area contributed by atoms with Gasteiger partial charge >= 0.3 is 8.03 Å². The van der Waals surface area contributed by atoms with Crippen LogP contribution < -0.4 is 10.6 Å². The van der Waals surface area contributed by atoms with Gasteiger partial charge in [0.15, 0.2) is 0 Å². The molecule has 36 valence electrons. The fraction of sp³-hybridized carbons (Fsp3) is 1.00. The van der Waals surface area contributed by atoms with Crippen molar-refractivity contribution in [1.29, 1.82) is 0 Å². The van der Waals surface area contributed by atoms with E-state index >= 15 is 0 Å². The summed E-state index contributed by atoms with van der Waals surface area (Å²) < 4.78 is 9.67. The summed E-state index contributed by atoms with van der Waals surface area (Å²) in [6, 6.07) is 0. The van der Waals surface area contributed by atoms with Gasteiger partial charge in [-0.15, -0.1) is 0 Å². The summed E-state index contributed by atoms with van der Waals surface area (Å²) in [5, 5.41) is 0. The first-order valence-electron chi connectivity index (χ1n) is 1.61. The minimum atomic E-state index is -2.27. The molecule has 0 rings (SSSR count). The molecule has 0 aliphatic carbocycles. The number of hydrogen-bond acceptors (Lipinski definition) is 2. The lowest BCUT2D eigenvalue weighted by molar-refractivity contribution is -0.393. The zero-order valence-electron chi connectivity index (χ0n) is 3.55. The topological polar surface area (TPSA) is 67.8 Å². The molecule has 0 aromatic heterocycles. The summed E-state index contributed by atoms with van der Waals surface area (Å²) >= 11 is 0. The average molecular weight is 108 g/mol. The van der Waals surface area contributed by atoms with Gasteiger partial charge in [-0.05, 0) is 0 Å². The minimum Gasteiger partial charge on any atom is -0.591 e. The van der Waals surface area contributed by atoms with Gasteiger partial charge < -0.3 is 10.6 Å². The Bertz CT molecular complexity index is 62.6. The van der Waals surface area contributed by atoms with E-state index in [2.05, 4.69) is 5.73 Å². The lowest BCUT2D eigenvalue weighted by Crippen LogP contribution is -2.57. The van der Waals surface area contributed by atoms with Crippen molar-refractivity contribution in [1.82, 2.24) is 0 Å². The standard InChI is InChI=1S/C2H6NO2P/c1-2(3)6(4)5/h2H,3H2,1H3/p+1. The maximum atomic E-state index is 9.67. The van der Waals surface area contributed by atoms with E-state index in [1.807, 2.05) is 0 Å². The maximum absolute atomic E-state index is 9.67. The highest BCUT2D eigenvalue weighted by Gasteiger charge is 2.08. The molecular weight excluding hydrogens is 101 g/mol. The van der Waals surface area contributed by atoms with Crippen LogP contribution in [-0.4, -0.2) is 5.78 Å². The first-order valence-corrected chi connectivity index (χ1v) is 2.86. The van der Waals surface area contributed by atoms with Gasteiger partial charge in [0, 0.05) is 6.92 Å². The molecule has 0 aliphatic heterocycles. The first-order chi connectivity index (χ1) is 2.64. The predicted molar refractivity (Wildman–Crippen MR) is 20.0 cm³/mol. The molecule has 0 bridgehead atoms. The molecule has 0 saturated carbocycles. The Hall–Kier alpha value is 0.0200. The Labute approximate surface area is 37.0 Å². The molecule has 0 amide bonds. The molecule has 2 unspecified atom stereocenters. The summed E-state index contributed by atoms with van der Waals surface area (Å²) in [6.07, 6.45) is 0. The summed E-state index contributed by atoms with van der Waals surface area (Å²) in [5.74, 6) is -0.444. The summed E-state index contributed by atoms with van der Waals surface area (Å²) in [7, 11) is -2.27. The Balaban J connectivity index is 3.26. The molecule has 0 spiro atoms. The zero-order valence-corrected chi connectivity index (χ0v) is 4.44. The number of hydrogen-bond donors (Lipinski definition) is 1. The highest BCUT2D eigenvalue weighted by molar-refractivity contribution is 7.36. The second-order valence-electron chi connectivity index (χ2n) is 1.13. The van der Waals surface area contributed by atoms with Crippen LogP contribution in [0.15, 0.2) is 0 Å². The lowest BCUT2D eigenvalue weighted by atomic mass is 10.8. The third-order valence-electron chi connectivity index (χ3n) is 0.360. The Morgan fingerprint density at radius 1 is 2.00 bits per heavy atom. The summed E-state index contributed by atoms with van der Waals surface area (Å²) in [4.78, 5) is 9.67. The number of quaternary nitrogens is 1. The van der Waals surface area contributed by atoms with Crippen LogP contribution in [0.3, 0.4) is 0 Å². The van der Waals surface area contributed by atoms with Crippen LogP contribution >= 0.6 is 8.03 Å². The van der Waals surface area contributed by atoms with Crippen LogP contribution in [0.2, 0.25) is 0 Å². The van der Waals surface area contributed by atoms with Crippen LogP contribution in [0.5, 0.6) is 0 Å². The van der Waals surface area contributed by atoms with Gasteiger partial charge in [-0.25, -0.2) is 0 Å². The van der Waals surface area contributed by atoms with Crippen molar-refractivity contribution in [2.24, 2.45) is 0 Å². The largest absolute Gasteiger partial charge is 0.591 e. The fourth-order valence-corrected chi connectivity index (χ4v) is 0. The van der Waals surface area contributed by atoms with Crippen molar-refractivity contribution < 1.29 is 15.2 Å². The number of rotatable bonds is 1. The van der Waals surface area contributed by atoms with Gasteiger partial charge in [0.1, 0.15) is 0 Å². The van der Waals surface area contributed by atoms with Crippen LogP contribution in [0.4, 0.5) is 0 Å². The van der Waals surface area contributed by atoms with E-state index in [9.17, 15) is 9.46 Å². The van der Waals surface area contributed by atoms with Crippen LogP contribution in [-0.2, 0) is 4.57 Å². The zero-order chi connectivity index (χ0) is 5.15. The van der Waals surface area contributed by atoms with Crippen molar-refractivity contribution in [3.63, 3.8) is 0 Å². The van der Waals surface area contributed by atoms with Gasteiger partial charge in [0.05, 0.1) is 0 Å². The smallest absolute Gasteiger partial charge is 0.372 e. The average Bonchev–Trinajstić information content (AvgIpc) is 1.36. The second-order valence-corrected chi connectivity index (χ2v) is 2.59. The Morgan fingerprint density at radius 3 is 2.17 bits per heavy atom.